The summed E-state index contributed by atoms with van der Waals surface area (Å²) in [7, 11) is 2.16. The number of likely N-dealkylation sites (tertiary alicyclic amines) is 1. The SMILES string of the molecule is CN1CCCC[C@H]1COc1nc2c(c(N3CCN(C(=O)/C=C/c4cccnc4)[C@@H](CC#N)C3)n1)CCN(c1cccc3ccccc13)C2. The molecule has 0 N–H and O–H groups in total. The first-order valence-corrected chi connectivity index (χ1v) is 17.0. The lowest BCUT2D eigenvalue weighted by Crippen LogP contribution is -2.55. The van der Waals surface area contributed by atoms with E-state index in [1.165, 1.54) is 29.3 Å². The molecule has 0 radical (unpaired) electrons. The number of nitrogens with zero attached hydrogens (tertiary/aromatic N) is 8. The summed E-state index contributed by atoms with van der Waals surface area (Å²) in [6, 6.07) is 21.5. The molecule has 0 unspecified atom stereocenters. The Bertz CT molecular complexity index is 1820. The van der Waals surface area contributed by atoms with Crippen molar-refractivity contribution < 1.29 is 9.53 Å². The highest BCUT2D eigenvalue weighted by Crippen LogP contribution is 2.35. The van der Waals surface area contributed by atoms with Gasteiger partial charge in [0.25, 0.3) is 0 Å². The molecule has 4 aromatic rings. The number of fused-ring (bicyclic) bond motifs is 2. The summed E-state index contributed by atoms with van der Waals surface area (Å²) in [5.74, 6) is 0.764. The van der Waals surface area contributed by atoms with E-state index in [-0.39, 0.29) is 18.4 Å². The molecular weight excluding hydrogens is 600 g/mol. The van der Waals surface area contributed by atoms with E-state index < -0.39 is 0 Å². The second kappa shape index (κ2) is 14.4. The monoisotopic (exact) mass is 642 g/mol. The minimum atomic E-state index is -0.267. The quantitative estimate of drug-likeness (QED) is 0.243. The van der Waals surface area contributed by atoms with Gasteiger partial charge in [-0.2, -0.15) is 15.2 Å². The van der Waals surface area contributed by atoms with Gasteiger partial charge in [0.1, 0.15) is 12.4 Å². The Labute approximate surface area is 282 Å². The Morgan fingerprint density at radius 3 is 2.75 bits per heavy atom. The number of rotatable bonds is 8. The van der Waals surface area contributed by atoms with Crippen LogP contribution in [-0.4, -0.2) is 89.1 Å². The van der Waals surface area contributed by atoms with E-state index in [0.717, 1.165) is 48.6 Å². The fraction of sp³-hybridized carbons (Fsp3) is 0.395. The van der Waals surface area contributed by atoms with Crippen molar-refractivity contribution in [3.63, 3.8) is 0 Å². The van der Waals surface area contributed by atoms with Gasteiger partial charge in [-0.15, -0.1) is 0 Å². The zero-order valence-corrected chi connectivity index (χ0v) is 27.5. The second-order valence-electron chi connectivity index (χ2n) is 13.0. The van der Waals surface area contributed by atoms with Gasteiger partial charge in [-0.25, -0.2) is 0 Å². The van der Waals surface area contributed by atoms with Crippen LogP contribution in [0.1, 0.15) is 42.5 Å². The van der Waals surface area contributed by atoms with Crippen molar-refractivity contribution in [2.45, 2.75) is 50.7 Å². The number of amides is 1. The average Bonchev–Trinajstić information content (AvgIpc) is 3.13. The molecule has 0 aliphatic carbocycles. The average molecular weight is 643 g/mol. The number of ether oxygens (including phenoxy) is 1. The molecule has 2 aromatic carbocycles. The van der Waals surface area contributed by atoms with Crippen molar-refractivity contribution >= 4 is 34.3 Å². The van der Waals surface area contributed by atoms with E-state index in [9.17, 15) is 10.1 Å². The molecule has 3 aliphatic rings. The maximum Gasteiger partial charge on any atom is 0.318 e. The molecule has 0 spiro atoms. The number of benzene rings is 2. The van der Waals surface area contributed by atoms with Gasteiger partial charge < -0.3 is 24.3 Å². The Kier molecular flexibility index (Phi) is 9.48. The largest absolute Gasteiger partial charge is 0.462 e. The van der Waals surface area contributed by atoms with Crippen LogP contribution in [0.4, 0.5) is 11.5 Å². The number of nitriles is 1. The van der Waals surface area contributed by atoms with Gasteiger partial charge in [0.05, 0.1) is 30.8 Å². The third-order valence-corrected chi connectivity index (χ3v) is 9.95. The predicted molar refractivity (Wildman–Crippen MR) is 188 cm³/mol. The molecule has 10 heteroatoms. The number of anilines is 2. The number of hydrogen-bond donors (Lipinski definition) is 0. The lowest BCUT2D eigenvalue weighted by Gasteiger charge is -2.42. The van der Waals surface area contributed by atoms with Gasteiger partial charge in [-0.3, -0.25) is 9.78 Å². The van der Waals surface area contributed by atoms with Crippen molar-refractivity contribution in [1.29, 1.82) is 5.26 Å². The van der Waals surface area contributed by atoms with Crippen LogP contribution in [0.5, 0.6) is 6.01 Å². The minimum Gasteiger partial charge on any atom is -0.462 e. The van der Waals surface area contributed by atoms with E-state index in [0.29, 0.717) is 44.8 Å². The summed E-state index contributed by atoms with van der Waals surface area (Å²) in [6.45, 7) is 4.72. The summed E-state index contributed by atoms with van der Waals surface area (Å²) in [5.41, 5.74) is 4.16. The standard InChI is InChI=1S/C38H42N8O2/c1-43-20-5-4-11-31(43)27-48-38-41-34-26-44(35-13-6-10-29-9-2-3-12-32(29)35)21-17-33(34)37(42-38)45-22-23-46(30(25-45)16-18-39)36(47)15-14-28-8-7-19-40-24-28/h2-3,6-10,12-15,19,24,30-31H,4-5,11,16-17,20-23,25-27H2,1H3/b15-14+/t30-,31-/m0/s1. The number of piperazine rings is 1. The maximum absolute atomic E-state index is 13.3. The molecule has 1 amide bonds. The predicted octanol–water partition coefficient (Wildman–Crippen LogP) is 5.09. The van der Waals surface area contributed by atoms with Crippen LogP contribution in [0.15, 0.2) is 73.1 Å². The smallest absolute Gasteiger partial charge is 0.318 e. The fourth-order valence-corrected chi connectivity index (χ4v) is 7.29. The summed E-state index contributed by atoms with van der Waals surface area (Å²) >= 11 is 0. The molecule has 246 valence electrons. The van der Waals surface area contributed by atoms with Crippen LogP contribution in [0.25, 0.3) is 16.8 Å². The zero-order valence-electron chi connectivity index (χ0n) is 27.5. The first-order chi connectivity index (χ1) is 23.6. The normalized spacial score (nSPS) is 20.1. The number of carbonyl (C=O) groups is 1. The van der Waals surface area contributed by atoms with Gasteiger partial charge in [0, 0.05) is 67.3 Å². The topological polar surface area (TPSA) is 102 Å². The first kappa shape index (κ1) is 31.6. The van der Waals surface area contributed by atoms with Crippen LogP contribution in [0, 0.1) is 11.3 Å². The molecule has 2 aromatic heterocycles. The summed E-state index contributed by atoms with van der Waals surface area (Å²) in [5, 5.41) is 12.2. The van der Waals surface area contributed by atoms with Crippen molar-refractivity contribution in [3.8, 4) is 12.1 Å². The lowest BCUT2D eigenvalue weighted by molar-refractivity contribution is -0.128. The first-order valence-electron chi connectivity index (χ1n) is 17.0. The fourth-order valence-electron chi connectivity index (χ4n) is 7.29. The lowest BCUT2D eigenvalue weighted by atomic mass is 10.0. The van der Waals surface area contributed by atoms with Gasteiger partial charge >= 0.3 is 6.01 Å². The Balaban J connectivity index is 1.16. The summed E-state index contributed by atoms with van der Waals surface area (Å²) in [4.78, 5) is 36.4. The molecule has 2 saturated heterocycles. The van der Waals surface area contributed by atoms with Crippen LogP contribution >= 0.6 is 0 Å². The van der Waals surface area contributed by atoms with Gasteiger partial charge in [-0.05, 0) is 62.0 Å². The van der Waals surface area contributed by atoms with Crippen LogP contribution in [0.3, 0.4) is 0 Å². The van der Waals surface area contributed by atoms with E-state index in [1.807, 2.05) is 17.0 Å². The van der Waals surface area contributed by atoms with Crippen molar-refractivity contribution in [2.75, 3.05) is 56.2 Å². The molecule has 0 bridgehead atoms. The van der Waals surface area contributed by atoms with E-state index in [4.69, 9.17) is 14.7 Å². The highest BCUT2D eigenvalue weighted by atomic mass is 16.5. The zero-order chi connectivity index (χ0) is 32.9. The van der Waals surface area contributed by atoms with E-state index in [1.54, 1.807) is 24.5 Å². The van der Waals surface area contributed by atoms with Crippen molar-refractivity contribution in [1.82, 2.24) is 24.8 Å². The number of likely N-dealkylation sites (N-methyl/N-ethyl adjacent to an activating group) is 1. The minimum absolute atomic E-state index is 0.102. The van der Waals surface area contributed by atoms with Gasteiger partial charge in [0.2, 0.25) is 5.91 Å². The molecule has 3 aliphatic heterocycles. The number of piperidine rings is 1. The van der Waals surface area contributed by atoms with Crippen molar-refractivity contribution in [3.05, 3.63) is 89.9 Å². The molecule has 5 heterocycles. The molecule has 48 heavy (non-hydrogen) atoms. The Morgan fingerprint density at radius 1 is 1.00 bits per heavy atom. The second-order valence-corrected chi connectivity index (χ2v) is 13.0. The molecule has 2 fully saturated rings. The van der Waals surface area contributed by atoms with Crippen molar-refractivity contribution in [2.24, 2.45) is 0 Å². The van der Waals surface area contributed by atoms with Gasteiger partial charge in [-0.1, -0.05) is 48.9 Å². The molecule has 10 nitrogen and oxygen atoms in total. The molecular formula is C38H42N8O2. The highest BCUT2D eigenvalue weighted by molar-refractivity contribution is 5.94. The number of hydrogen-bond acceptors (Lipinski definition) is 9. The van der Waals surface area contributed by atoms with Crippen LogP contribution in [0.2, 0.25) is 0 Å². The number of aromatic nitrogens is 3. The van der Waals surface area contributed by atoms with Crippen LogP contribution in [-0.2, 0) is 17.8 Å². The Hall–Kier alpha value is -5.01. The van der Waals surface area contributed by atoms with E-state index in [2.05, 4.69) is 75.3 Å². The number of carbonyl (C=O) groups excluding carboxylic acids is 1. The molecule has 7 rings (SSSR count). The summed E-state index contributed by atoms with van der Waals surface area (Å²) < 4.78 is 6.39. The third-order valence-electron chi connectivity index (χ3n) is 9.95. The molecule has 2 atom stereocenters. The summed E-state index contributed by atoms with van der Waals surface area (Å²) in [6.07, 6.45) is 11.3. The molecule has 0 saturated carbocycles. The van der Waals surface area contributed by atoms with Gasteiger partial charge in [0.15, 0.2) is 0 Å². The Morgan fingerprint density at radius 2 is 1.90 bits per heavy atom. The third kappa shape index (κ3) is 6.83. The van der Waals surface area contributed by atoms with Crippen LogP contribution < -0.4 is 14.5 Å². The van der Waals surface area contributed by atoms with E-state index >= 15 is 0 Å². The number of pyridine rings is 1. The highest BCUT2D eigenvalue weighted by Gasteiger charge is 2.34. The maximum atomic E-state index is 13.3.